The fraction of sp³-hybridized carbons (Fsp3) is 0.478. The quantitative estimate of drug-likeness (QED) is 0.702. The summed E-state index contributed by atoms with van der Waals surface area (Å²) in [5.41, 5.74) is 1.22. The van der Waals surface area contributed by atoms with Crippen LogP contribution in [0.1, 0.15) is 29.8 Å². The first-order chi connectivity index (χ1) is 15.4. The van der Waals surface area contributed by atoms with Crippen LogP contribution >= 0.6 is 0 Å². The number of hydrogen-bond donors (Lipinski definition) is 1. The van der Waals surface area contributed by atoms with E-state index >= 15 is 0 Å². The van der Waals surface area contributed by atoms with Crippen molar-refractivity contribution in [3.05, 3.63) is 63.3 Å². The number of aromatic nitrogens is 1. The minimum absolute atomic E-state index is 0.108. The third-order valence-electron chi connectivity index (χ3n) is 5.71. The summed E-state index contributed by atoms with van der Waals surface area (Å²) in [5.74, 6) is -0.492. The number of rotatable bonds is 7. The molecular formula is C23H30FN3O5. The van der Waals surface area contributed by atoms with Gasteiger partial charge in [-0.3, -0.25) is 9.69 Å². The van der Waals surface area contributed by atoms with Gasteiger partial charge in [-0.1, -0.05) is 12.1 Å². The number of hydrogen-bond acceptors (Lipinski definition) is 6. The molecule has 1 amide bonds. The van der Waals surface area contributed by atoms with Crippen molar-refractivity contribution in [2.45, 2.75) is 26.4 Å². The molecule has 2 aromatic rings. The first kappa shape index (κ1) is 23.7. The first-order valence-corrected chi connectivity index (χ1v) is 10.7. The molecule has 0 aliphatic carbocycles. The van der Waals surface area contributed by atoms with Crippen LogP contribution in [0.2, 0.25) is 0 Å². The number of halogens is 1. The number of ether oxygens (including phenoxy) is 2. The van der Waals surface area contributed by atoms with Gasteiger partial charge in [0.2, 0.25) is 0 Å². The van der Waals surface area contributed by atoms with Crippen molar-refractivity contribution in [1.29, 1.82) is 0 Å². The predicted molar refractivity (Wildman–Crippen MR) is 117 cm³/mol. The average Bonchev–Trinajstić information content (AvgIpc) is 2.77. The van der Waals surface area contributed by atoms with Crippen molar-refractivity contribution in [1.82, 2.24) is 14.4 Å². The number of aromatic hydroxyl groups is 1. The Hall–Kier alpha value is -2.91. The van der Waals surface area contributed by atoms with E-state index in [2.05, 4.69) is 0 Å². The van der Waals surface area contributed by atoms with E-state index in [9.17, 15) is 19.1 Å². The predicted octanol–water partition coefficient (Wildman–Crippen LogP) is 2.51. The summed E-state index contributed by atoms with van der Waals surface area (Å²) in [6, 6.07) is 6.89. The highest BCUT2D eigenvalue weighted by Crippen LogP contribution is 2.33. The lowest BCUT2D eigenvalue weighted by atomic mass is 9.96. The minimum atomic E-state index is -0.596. The molecule has 0 radical (unpaired) electrons. The van der Waals surface area contributed by atoms with Gasteiger partial charge in [0.05, 0.1) is 24.8 Å². The van der Waals surface area contributed by atoms with E-state index in [0.717, 1.165) is 0 Å². The van der Waals surface area contributed by atoms with Gasteiger partial charge in [0.15, 0.2) is 0 Å². The maximum absolute atomic E-state index is 13.6. The summed E-state index contributed by atoms with van der Waals surface area (Å²) < 4.78 is 25.4. The van der Waals surface area contributed by atoms with Gasteiger partial charge in [0.25, 0.3) is 5.56 Å². The normalized spacial score (nSPS) is 15.6. The highest BCUT2D eigenvalue weighted by atomic mass is 19.1. The molecule has 0 saturated carbocycles. The molecule has 1 aliphatic rings. The Bertz CT molecular complexity index is 984. The van der Waals surface area contributed by atoms with Gasteiger partial charge >= 0.3 is 6.09 Å². The largest absolute Gasteiger partial charge is 0.507 e. The number of carbonyl (C=O) groups is 1. The summed E-state index contributed by atoms with van der Waals surface area (Å²) in [6.45, 7) is 6.28. The Morgan fingerprint density at radius 2 is 1.84 bits per heavy atom. The van der Waals surface area contributed by atoms with E-state index in [0.29, 0.717) is 57.2 Å². The second kappa shape index (κ2) is 10.6. The lowest BCUT2D eigenvalue weighted by Crippen LogP contribution is -2.50. The summed E-state index contributed by atoms with van der Waals surface area (Å²) in [6.07, 6.45) is -0.370. The van der Waals surface area contributed by atoms with Crippen LogP contribution in [0.4, 0.5) is 9.18 Å². The molecule has 1 saturated heterocycles. The Morgan fingerprint density at radius 3 is 2.44 bits per heavy atom. The number of carbonyl (C=O) groups excluding carboxylic acids is 1. The Labute approximate surface area is 186 Å². The number of amides is 1. The summed E-state index contributed by atoms with van der Waals surface area (Å²) in [5, 5.41) is 10.8. The fourth-order valence-electron chi connectivity index (χ4n) is 4.07. The lowest BCUT2D eigenvalue weighted by molar-refractivity contribution is 0.0708. The number of aryl methyl sites for hydroxylation is 1. The van der Waals surface area contributed by atoms with E-state index in [-0.39, 0.29) is 28.8 Å². The molecule has 8 nitrogen and oxygen atoms in total. The molecule has 32 heavy (non-hydrogen) atoms. The van der Waals surface area contributed by atoms with Crippen LogP contribution in [0.3, 0.4) is 0 Å². The van der Waals surface area contributed by atoms with Gasteiger partial charge in [-0.25, -0.2) is 9.18 Å². The number of benzene rings is 1. The van der Waals surface area contributed by atoms with Crippen molar-refractivity contribution in [3.63, 3.8) is 0 Å². The molecule has 3 rings (SSSR count). The molecule has 0 unspecified atom stereocenters. The second-order valence-corrected chi connectivity index (χ2v) is 7.71. The molecular weight excluding hydrogens is 417 g/mol. The molecule has 2 heterocycles. The zero-order valence-electron chi connectivity index (χ0n) is 18.7. The van der Waals surface area contributed by atoms with Gasteiger partial charge in [-0.05, 0) is 37.6 Å². The van der Waals surface area contributed by atoms with Crippen molar-refractivity contribution in [3.8, 4) is 5.75 Å². The molecule has 1 N–H and O–H groups in total. The fourth-order valence-corrected chi connectivity index (χ4v) is 4.07. The van der Waals surface area contributed by atoms with Gasteiger partial charge in [0, 0.05) is 45.5 Å². The molecule has 1 fully saturated rings. The Balaban J connectivity index is 2.01. The van der Waals surface area contributed by atoms with Gasteiger partial charge in [-0.15, -0.1) is 0 Å². The lowest BCUT2D eigenvalue weighted by Gasteiger charge is -2.39. The van der Waals surface area contributed by atoms with Crippen molar-refractivity contribution < 1.29 is 23.8 Å². The number of pyridine rings is 1. The summed E-state index contributed by atoms with van der Waals surface area (Å²) >= 11 is 0. The topological polar surface area (TPSA) is 84.2 Å². The highest BCUT2D eigenvalue weighted by Gasteiger charge is 2.32. The van der Waals surface area contributed by atoms with Gasteiger partial charge in [0.1, 0.15) is 11.6 Å². The SMILES string of the molecule is CCOC(=O)N1CCN([C@H](c2ccc(F)cc2)c2c(O)cc(C)n(CCOC)c2=O)CC1. The van der Waals surface area contributed by atoms with Crippen LogP contribution in [-0.2, 0) is 16.0 Å². The van der Waals surface area contributed by atoms with Crippen LogP contribution < -0.4 is 5.56 Å². The van der Waals surface area contributed by atoms with Crippen LogP contribution in [0, 0.1) is 12.7 Å². The molecule has 174 valence electrons. The van der Waals surface area contributed by atoms with Crippen molar-refractivity contribution in [2.24, 2.45) is 0 Å². The highest BCUT2D eigenvalue weighted by molar-refractivity contribution is 5.67. The molecule has 0 bridgehead atoms. The monoisotopic (exact) mass is 447 g/mol. The van der Waals surface area contributed by atoms with E-state index in [1.54, 1.807) is 48.6 Å². The van der Waals surface area contributed by atoms with E-state index in [4.69, 9.17) is 9.47 Å². The molecule has 1 aliphatic heterocycles. The standard InChI is InChI=1S/C23H30FN3O5/c1-4-32-23(30)26-11-9-25(10-12-26)21(17-5-7-18(24)8-6-17)20-19(28)15-16(2)27(22(20)29)13-14-31-3/h5-8,15,21,28H,4,9-14H2,1-3H3/t21-/m1/s1. The maximum Gasteiger partial charge on any atom is 0.409 e. The van der Waals surface area contributed by atoms with Crippen molar-refractivity contribution in [2.75, 3.05) is 46.5 Å². The Kier molecular flexibility index (Phi) is 7.87. The van der Waals surface area contributed by atoms with E-state index in [1.165, 1.54) is 12.1 Å². The number of nitrogens with zero attached hydrogens (tertiary/aromatic N) is 3. The molecule has 1 atom stereocenters. The zero-order chi connectivity index (χ0) is 23.3. The number of piperazine rings is 1. The minimum Gasteiger partial charge on any atom is -0.507 e. The van der Waals surface area contributed by atoms with Crippen LogP contribution in [0.5, 0.6) is 5.75 Å². The van der Waals surface area contributed by atoms with Gasteiger partial charge in [-0.2, -0.15) is 0 Å². The summed E-state index contributed by atoms with van der Waals surface area (Å²) in [7, 11) is 1.56. The van der Waals surface area contributed by atoms with Crippen LogP contribution in [-0.4, -0.2) is 72.1 Å². The summed E-state index contributed by atoms with van der Waals surface area (Å²) in [4.78, 5) is 29.2. The second-order valence-electron chi connectivity index (χ2n) is 7.71. The zero-order valence-corrected chi connectivity index (χ0v) is 18.7. The third-order valence-corrected chi connectivity index (χ3v) is 5.71. The van der Waals surface area contributed by atoms with Gasteiger partial charge < -0.3 is 24.0 Å². The Morgan fingerprint density at radius 1 is 1.19 bits per heavy atom. The number of methoxy groups -OCH3 is 1. The first-order valence-electron chi connectivity index (χ1n) is 10.7. The smallest absolute Gasteiger partial charge is 0.409 e. The third kappa shape index (κ3) is 5.11. The molecule has 0 spiro atoms. The van der Waals surface area contributed by atoms with E-state index < -0.39 is 6.04 Å². The van der Waals surface area contributed by atoms with E-state index in [1.807, 2.05) is 4.90 Å². The maximum atomic E-state index is 13.6. The molecule has 1 aromatic heterocycles. The van der Waals surface area contributed by atoms with Crippen LogP contribution in [0.15, 0.2) is 35.1 Å². The molecule has 9 heteroatoms. The van der Waals surface area contributed by atoms with Crippen molar-refractivity contribution >= 4 is 6.09 Å². The average molecular weight is 448 g/mol. The molecule has 1 aromatic carbocycles. The van der Waals surface area contributed by atoms with Crippen LogP contribution in [0.25, 0.3) is 0 Å².